The highest BCUT2D eigenvalue weighted by Crippen LogP contribution is 2.41. The summed E-state index contributed by atoms with van der Waals surface area (Å²) in [4.78, 5) is 17.5. The number of carbonyl (C=O) groups is 1. The Hall–Kier alpha value is -3.21. The maximum absolute atomic E-state index is 12.8. The van der Waals surface area contributed by atoms with Crippen molar-refractivity contribution >= 4 is 17.4 Å². The molecule has 0 unspecified atom stereocenters. The molecular weight excluding hydrogens is 409 g/mol. The van der Waals surface area contributed by atoms with E-state index >= 15 is 0 Å². The van der Waals surface area contributed by atoms with Gasteiger partial charge >= 0.3 is 6.36 Å². The molecule has 7 nitrogen and oxygen atoms in total. The third-order valence-electron chi connectivity index (χ3n) is 4.40. The maximum Gasteiger partial charge on any atom is 0.573 e. The van der Waals surface area contributed by atoms with Gasteiger partial charge in [0.25, 0.3) is 5.91 Å². The van der Waals surface area contributed by atoms with Crippen molar-refractivity contribution in [1.29, 1.82) is 0 Å². The molecule has 2 aromatic heterocycles. The zero-order valence-corrected chi connectivity index (χ0v) is 15.5. The minimum absolute atomic E-state index is 0.278. The van der Waals surface area contributed by atoms with Crippen LogP contribution in [0.15, 0.2) is 48.8 Å². The number of rotatable bonds is 4. The van der Waals surface area contributed by atoms with E-state index in [4.69, 9.17) is 4.74 Å². The van der Waals surface area contributed by atoms with E-state index in [0.717, 1.165) is 11.5 Å². The molecule has 11 heteroatoms. The molecule has 3 heterocycles. The number of halogens is 3. The zero-order chi connectivity index (χ0) is 20.5. The van der Waals surface area contributed by atoms with E-state index in [0.29, 0.717) is 28.3 Å². The van der Waals surface area contributed by atoms with Gasteiger partial charge in [-0.3, -0.25) is 9.78 Å². The van der Waals surface area contributed by atoms with Gasteiger partial charge in [0, 0.05) is 12.6 Å². The third-order valence-corrected chi connectivity index (χ3v) is 5.07. The van der Waals surface area contributed by atoms with Crippen LogP contribution in [0.5, 0.6) is 11.5 Å². The molecule has 0 radical (unpaired) electrons. The van der Waals surface area contributed by atoms with Crippen molar-refractivity contribution in [2.75, 3.05) is 6.61 Å². The molecule has 0 saturated carbocycles. The fourth-order valence-electron chi connectivity index (χ4n) is 3.20. The van der Waals surface area contributed by atoms with Crippen LogP contribution in [0.2, 0.25) is 0 Å². The highest BCUT2D eigenvalue weighted by molar-refractivity contribution is 7.07. The summed E-state index contributed by atoms with van der Waals surface area (Å²) in [5, 5.41) is 6.63. The van der Waals surface area contributed by atoms with Gasteiger partial charge in [0.1, 0.15) is 27.6 Å². The summed E-state index contributed by atoms with van der Waals surface area (Å²) in [6.07, 6.45) is -1.57. The smallest absolute Gasteiger partial charge is 0.491 e. The molecule has 0 bridgehead atoms. The molecule has 1 aliphatic rings. The number of amides is 1. The molecule has 4 rings (SSSR count). The first kappa shape index (κ1) is 19.1. The molecule has 0 spiro atoms. The second-order valence-electron chi connectivity index (χ2n) is 6.16. The summed E-state index contributed by atoms with van der Waals surface area (Å²) in [5.74, 6) is -0.297. The summed E-state index contributed by atoms with van der Waals surface area (Å²) in [7, 11) is 0. The Bertz CT molecular complexity index is 1010. The normalized spacial score (nSPS) is 18.4. The van der Waals surface area contributed by atoms with Crippen LogP contribution in [0.25, 0.3) is 0 Å². The van der Waals surface area contributed by atoms with Crippen LogP contribution in [0.4, 0.5) is 13.2 Å². The topological polar surface area (TPSA) is 86.2 Å². The van der Waals surface area contributed by atoms with Gasteiger partial charge in [-0.05, 0) is 41.4 Å². The van der Waals surface area contributed by atoms with E-state index in [2.05, 4.69) is 24.6 Å². The van der Waals surface area contributed by atoms with Crippen molar-refractivity contribution in [2.24, 2.45) is 0 Å². The lowest BCUT2D eigenvalue weighted by Crippen LogP contribution is -2.50. The number of fused-ring (bicyclic) bond motifs is 1. The fourth-order valence-corrected chi connectivity index (χ4v) is 3.61. The van der Waals surface area contributed by atoms with Gasteiger partial charge in [-0.15, -0.1) is 18.3 Å². The highest BCUT2D eigenvalue weighted by Gasteiger charge is 2.43. The Kier molecular flexibility index (Phi) is 4.82. The van der Waals surface area contributed by atoms with Gasteiger partial charge in [0.15, 0.2) is 0 Å². The number of benzene rings is 1. The number of nitrogens with one attached hydrogen (secondary N) is 1. The largest absolute Gasteiger partial charge is 0.573 e. The standard InChI is InChI=1S/C18H13F3N4O3S/c19-18(20,21)28-12-5-3-11(4-6-12)17(24-16(26)14-10-23-25-29-14)7-9-27-13-2-1-8-22-15(13)17/h1-6,8,10H,7,9H2,(H,24,26)/t17-/m0/s1. The van der Waals surface area contributed by atoms with Crippen LogP contribution in [-0.4, -0.2) is 33.4 Å². The molecule has 3 aromatic rings. The average molecular weight is 422 g/mol. The van der Waals surface area contributed by atoms with Crippen molar-refractivity contribution in [2.45, 2.75) is 18.3 Å². The number of carbonyl (C=O) groups excluding carboxylic acids is 1. The molecule has 150 valence electrons. The Balaban J connectivity index is 1.77. The maximum atomic E-state index is 12.8. The minimum Gasteiger partial charge on any atom is -0.491 e. The second kappa shape index (κ2) is 7.32. The minimum atomic E-state index is -4.79. The summed E-state index contributed by atoms with van der Waals surface area (Å²) in [6, 6.07) is 8.75. The van der Waals surface area contributed by atoms with E-state index in [1.807, 2.05) is 0 Å². The Labute approximate surface area is 166 Å². The number of pyridine rings is 1. The van der Waals surface area contributed by atoms with E-state index in [1.165, 1.54) is 30.5 Å². The molecule has 1 aliphatic heterocycles. The Morgan fingerprint density at radius 2 is 2.03 bits per heavy atom. The number of nitrogens with zero attached hydrogens (tertiary/aromatic N) is 3. The molecule has 0 aliphatic carbocycles. The van der Waals surface area contributed by atoms with Crippen molar-refractivity contribution < 1.29 is 27.4 Å². The van der Waals surface area contributed by atoms with Gasteiger partial charge < -0.3 is 14.8 Å². The van der Waals surface area contributed by atoms with Crippen molar-refractivity contribution in [3.63, 3.8) is 0 Å². The molecule has 1 aromatic carbocycles. The first-order valence-electron chi connectivity index (χ1n) is 8.42. The Morgan fingerprint density at radius 3 is 2.72 bits per heavy atom. The van der Waals surface area contributed by atoms with Crippen LogP contribution in [0.1, 0.15) is 27.3 Å². The number of alkyl halides is 3. The van der Waals surface area contributed by atoms with Crippen LogP contribution in [0, 0.1) is 0 Å². The van der Waals surface area contributed by atoms with Crippen molar-refractivity contribution in [1.82, 2.24) is 19.9 Å². The lowest BCUT2D eigenvalue weighted by Gasteiger charge is -2.38. The summed E-state index contributed by atoms with van der Waals surface area (Å²) in [5.41, 5.74) is -0.102. The molecule has 0 fully saturated rings. The van der Waals surface area contributed by atoms with E-state index in [-0.39, 0.29) is 12.4 Å². The predicted molar refractivity (Wildman–Crippen MR) is 95.6 cm³/mol. The van der Waals surface area contributed by atoms with Gasteiger partial charge in [-0.25, -0.2) is 0 Å². The quantitative estimate of drug-likeness (QED) is 0.695. The molecule has 0 saturated heterocycles. The van der Waals surface area contributed by atoms with Crippen LogP contribution < -0.4 is 14.8 Å². The zero-order valence-electron chi connectivity index (χ0n) is 14.6. The second-order valence-corrected chi connectivity index (χ2v) is 6.95. The number of hydrogen-bond donors (Lipinski definition) is 1. The van der Waals surface area contributed by atoms with Gasteiger partial charge in [-0.2, -0.15) is 0 Å². The van der Waals surface area contributed by atoms with Gasteiger partial charge in [0.05, 0.1) is 12.8 Å². The van der Waals surface area contributed by atoms with Crippen molar-refractivity contribution in [3.8, 4) is 11.5 Å². The summed E-state index contributed by atoms with van der Waals surface area (Å²) in [6.45, 7) is 0.278. The van der Waals surface area contributed by atoms with Crippen LogP contribution in [0.3, 0.4) is 0 Å². The summed E-state index contributed by atoms with van der Waals surface area (Å²) >= 11 is 0.934. The lowest BCUT2D eigenvalue weighted by atomic mass is 9.81. The fraction of sp³-hybridized carbons (Fsp3) is 0.222. The molecular formula is C18H13F3N4O3S. The molecule has 1 N–H and O–H groups in total. The molecule has 1 amide bonds. The monoisotopic (exact) mass is 422 g/mol. The molecule has 29 heavy (non-hydrogen) atoms. The number of hydrogen-bond acceptors (Lipinski definition) is 7. The van der Waals surface area contributed by atoms with Crippen molar-refractivity contribution in [3.05, 3.63) is 64.9 Å². The van der Waals surface area contributed by atoms with Crippen LogP contribution >= 0.6 is 11.5 Å². The first-order chi connectivity index (χ1) is 13.9. The van der Waals surface area contributed by atoms with Gasteiger partial charge in [0.2, 0.25) is 0 Å². The van der Waals surface area contributed by atoms with E-state index in [1.54, 1.807) is 18.3 Å². The molecule has 1 atom stereocenters. The van der Waals surface area contributed by atoms with Crippen LogP contribution in [-0.2, 0) is 5.54 Å². The number of ether oxygens (including phenoxy) is 2. The average Bonchev–Trinajstić information content (AvgIpc) is 3.22. The van der Waals surface area contributed by atoms with E-state index in [9.17, 15) is 18.0 Å². The Morgan fingerprint density at radius 1 is 1.24 bits per heavy atom. The van der Waals surface area contributed by atoms with E-state index < -0.39 is 17.8 Å². The van der Waals surface area contributed by atoms with Gasteiger partial charge in [-0.1, -0.05) is 16.6 Å². The predicted octanol–water partition coefficient (Wildman–Crippen LogP) is 3.29. The SMILES string of the molecule is O=C(N[C@]1(c2ccc(OC(F)(F)F)cc2)CCOc2cccnc21)c1cnns1. The lowest BCUT2D eigenvalue weighted by molar-refractivity contribution is -0.274. The highest BCUT2D eigenvalue weighted by atomic mass is 32.1. The third kappa shape index (κ3) is 3.86. The summed E-state index contributed by atoms with van der Waals surface area (Å²) < 4.78 is 50.7. The first-order valence-corrected chi connectivity index (χ1v) is 9.19. The number of aromatic nitrogens is 3.